The standard InChI is InChI=1S/C17H28N2O/c1-4-18-17-8-9-20-13-16(17)12-19(3)11-15-7-5-6-14(2)10-15/h5-7,10,16-18H,4,8-9,11-13H2,1-3H3. The van der Waals surface area contributed by atoms with Gasteiger partial charge in [0, 0.05) is 31.7 Å². The van der Waals surface area contributed by atoms with Crippen molar-refractivity contribution in [1.29, 1.82) is 0 Å². The number of aryl methyl sites for hydroxylation is 1. The molecule has 112 valence electrons. The summed E-state index contributed by atoms with van der Waals surface area (Å²) in [6, 6.07) is 9.38. The zero-order valence-corrected chi connectivity index (χ0v) is 13.1. The second kappa shape index (κ2) is 7.77. The van der Waals surface area contributed by atoms with E-state index in [-0.39, 0.29) is 0 Å². The zero-order valence-electron chi connectivity index (χ0n) is 13.1. The normalized spacial score (nSPS) is 23.2. The molecule has 1 fully saturated rings. The molecule has 1 aliphatic rings. The molecule has 2 atom stereocenters. The van der Waals surface area contributed by atoms with Gasteiger partial charge in [-0.3, -0.25) is 0 Å². The van der Waals surface area contributed by atoms with Gasteiger partial charge in [-0.15, -0.1) is 0 Å². The van der Waals surface area contributed by atoms with Crippen molar-refractivity contribution in [3.8, 4) is 0 Å². The van der Waals surface area contributed by atoms with Crippen LogP contribution in [0.1, 0.15) is 24.5 Å². The van der Waals surface area contributed by atoms with Crippen molar-refractivity contribution in [2.24, 2.45) is 5.92 Å². The summed E-state index contributed by atoms with van der Waals surface area (Å²) in [7, 11) is 2.21. The highest BCUT2D eigenvalue weighted by molar-refractivity contribution is 5.22. The molecule has 0 amide bonds. The molecule has 0 spiro atoms. The molecule has 1 aromatic carbocycles. The molecule has 2 unspecified atom stereocenters. The van der Waals surface area contributed by atoms with Gasteiger partial charge >= 0.3 is 0 Å². The molecule has 1 aromatic rings. The summed E-state index contributed by atoms with van der Waals surface area (Å²) in [4.78, 5) is 2.42. The Morgan fingerprint density at radius 1 is 1.40 bits per heavy atom. The first-order valence-corrected chi connectivity index (χ1v) is 7.74. The van der Waals surface area contributed by atoms with Gasteiger partial charge in [0.05, 0.1) is 6.61 Å². The van der Waals surface area contributed by atoms with E-state index in [0.29, 0.717) is 12.0 Å². The number of nitrogens with one attached hydrogen (secondary N) is 1. The number of nitrogens with zero attached hydrogens (tertiary/aromatic N) is 1. The van der Waals surface area contributed by atoms with Crippen molar-refractivity contribution in [3.05, 3.63) is 35.4 Å². The van der Waals surface area contributed by atoms with E-state index in [2.05, 4.69) is 55.4 Å². The topological polar surface area (TPSA) is 24.5 Å². The van der Waals surface area contributed by atoms with Crippen LogP contribution < -0.4 is 5.32 Å². The first kappa shape index (κ1) is 15.5. The van der Waals surface area contributed by atoms with Gasteiger partial charge < -0.3 is 15.0 Å². The van der Waals surface area contributed by atoms with Crippen LogP contribution in [-0.4, -0.2) is 44.3 Å². The van der Waals surface area contributed by atoms with Crippen LogP contribution in [0.5, 0.6) is 0 Å². The third-order valence-electron chi connectivity index (χ3n) is 4.02. The average molecular weight is 276 g/mol. The Morgan fingerprint density at radius 2 is 2.25 bits per heavy atom. The molecule has 1 saturated heterocycles. The van der Waals surface area contributed by atoms with Crippen molar-refractivity contribution in [1.82, 2.24) is 10.2 Å². The highest BCUT2D eigenvalue weighted by atomic mass is 16.5. The first-order valence-electron chi connectivity index (χ1n) is 7.74. The molecule has 1 N–H and O–H groups in total. The Labute approximate surface area is 123 Å². The van der Waals surface area contributed by atoms with E-state index in [0.717, 1.165) is 39.3 Å². The van der Waals surface area contributed by atoms with Crippen LogP contribution in [0, 0.1) is 12.8 Å². The Hall–Kier alpha value is -0.900. The van der Waals surface area contributed by atoms with E-state index in [1.807, 2.05) is 0 Å². The number of benzene rings is 1. The molecule has 0 aliphatic carbocycles. The molecule has 2 rings (SSSR count). The van der Waals surface area contributed by atoms with Gasteiger partial charge in [-0.05, 0) is 32.5 Å². The van der Waals surface area contributed by atoms with Crippen molar-refractivity contribution < 1.29 is 4.74 Å². The van der Waals surface area contributed by atoms with Gasteiger partial charge in [-0.1, -0.05) is 36.8 Å². The maximum Gasteiger partial charge on any atom is 0.0521 e. The SMILES string of the molecule is CCNC1CCOCC1CN(C)Cc1cccc(C)c1. The van der Waals surface area contributed by atoms with Crippen LogP contribution in [0.15, 0.2) is 24.3 Å². The first-order chi connectivity index (χ1) is 9.69. The number of hydrogen-bond donors (Lipinski definition) is 1. The summed E-state index contributed by atoms with van der Waals surface area (Å²) in [6.07, 6.45) is 1.14. The second-order valence-corrected chi connectivity index (χ2v) is 5.97. The summed E-state index contributed by atoms with van der Waals surface area (Å²) >= 11 is 0. The molecule has 0 saturated carbocycles. The molecule has 0 bridgehead atoms. The lowest BCUT2D eigenvalue weighted by molar-refractivity contribution is 0.0193. The lowest BCUT2D eigenvalue weighted by atomic mass is 9.95. The Kier molecular flexibility index (Phi) is 6.02. The summed E-state index contributed by atoms with van der Waals surface area (Å²) < 4.78 is 5.66. The van der Waals surface area contributed by atoms with Gasteiger partial charge in [0.15, 0.2) is 0 Å². The lowest BCUT2D eigenvalue weighted by Crippen LogP contribution is -2.47. The quantitative estimate of drug-likeness (QED) is 0.864. The van der Waals surface area contributed by atoms with E-state index < -0.39 is 0 Å². The molecule has 0 radical (unpaired) electrons. The smallest absolute Gasteiger partial charge is 0.0521 e. The Bertz CT molecular complexity index is 406. The number of ether oxygens (including phenoxy) is 1. The molecule has 3 nitrogen and oxygen atoms in total. The minimum Gasteiger partial charge on any atom is -0.381 e. The monoisotopic (exact) mass is 276 g/mol. The lowest BCUT2D eigenvalue weighted by Gasteiger charge is -2.34. The average Bonchev–Trinajstić information content (AvgIpc) is 2.41. The molecule has 0 aromatic heterocycles. The van der Waals surface area contributed by atoms with Crippen molar-refractivity contribution in [2.75, 3.05) is 33.4 Å². The highest BCUT2D eigenvalue weighted by Gasteiger charge is 2.25. The third-order valence-corrected chi connectivity index (χ3v) is 4.02. The molecule has 1 aliphatic heterocycles. The van der Waals surface area contributed by atoms with Gasteiger partial charge in [0.2, 0.25) is 0 Å². The fourth-order valence-corrected chi connectivity index (χ4v) is 3.09. The summed E-state index contributed by atoms with van der Waals surface area (Å²) in [5.41, 5.74) is 2.73. The zero-order chi connectivity index (χ0) is 14.4. The van der Waals surface area contributed by atoms with Crippen LogP contribution >= 0.6 is 0 Å². The summed E-state index contributed by atoms with van der Waals surface area (Å²) in [5.74, 6) is 0.596. The Morgan fingerprint density at radius 3 is 3.00 bits per heavy atom. The van der Waals surface area contributed by atoms with Gasteiger partial charge in [-0.25, -0.2) is 0 Å². The maximum atomic E-state index is 5.66. The van der Waals surface area contributed by atoms with Crippen LogP contribution in [0.4, 0.5) is 0 Å². The minimum absolute atomic E-state index is 0.596. The van der Waals surface area contributed by atoms with Crippen LogP contribution in [-0.2, 0) is 11.3 Å². The second-order valence-electron chi connectivity index (χ2n) is 5.97. The van der Waals surface area contributed by atoms with Gasteiger partial charge in [0.25, 0.3) is 0 Å². The summed E-state index contributed by atoms with van der Waals surface area (Å²) in [6.45, 7) is 9.26. The van der Waals surface area contributed by atoms with Gasteiger partial charge in [-0.2, -0.15) is 0 Å². The van der Waals surface area contributed by atoms with E-state index in [9.17, 15) is 0 Å². The fourth-order valence-electron chi connectivity index (χ4n) is 3.09. The molecule has 1 heterocycles. The predicted molar refractivity (Wildman–Crippen MR) is 83.9 cm³/mol. The predicted octanol–water partition coefficient (Wildman–Crippen LogP) is 2.44. The summed E-state index contributed by atoms with van der Waals surface area (Å²) in [5, 5.41) is 3.61. The number of rotatable bonds is 6. The fraction of sp³-hybridized carbons (Fsp3) is 0.647. The Balaban J connectivity index is 1.87. The largest absolute Gasteiger partial charge is 0.381 e. The minimum atomic E-state index is 0.596. The van der Waals surface area contributed by atoms with Crippen molar-refractivity contribution >= 4 is 0 Å². The molecular formula is C17H28N2O. The van der Waals surface area contributed by atoms with Crippen molar-refractivity contribution in [3.63, 3.8) is 0 Å². The molecular weight excluding hydrogens is 248 g/mol. The van der Waals surface area contributed by atoms with Crippen LogP contribution in [0.2, 0.25) is 0 Å². The number of hydrogen-bond acceptors (Lipinski definition) is 3. The van der Waals surface area contributed by atoms with Crippen LogP contribution in [0.25, 0.3) is 0 Å². The molecule has 3 heteroatoms. The van der Waals surface area contributed by atoms with E-state index in [1.165, 1.54) is 11.1 Å². The van der Waals surface area contributed by atoms with Crippen LogP contribution in [0.3, 0.4) is 0 Å². The third kappa shape index (κ3) is 4.58. The molecule has 20 heavy (non-hydrogen) atoms. The van der Waals surface area contributed by atoms with Gasteiger partial charge in [0.1, 0.15) is 0 Å². The van der Waals surface area contributed by atoms with E-state index in [4.69, 9.17) is 4.74 Å². The van der Waals surface area contributed by atoms with E-state index >= 15 is 0 Å². The van der Waals surface area contributed by atoms with Crippen molar-refractivity contribution in [2.45, 2.75) is 32.9 Å². The highest BCUT2D eigenvalue weighted by Crippen LogP contribution is 2.17. The van der Waals surface area contributed by atoms with E-state index in [1.54, 1.807) is 0 Å². The maximum absolute atomic E-state index is 5.66.